The third-order valence-corrected chi connectivity index (χ3v) is 5.76. The Hall–Kier alpha value is -1.26. The molecule has 2 aromatic rings. The van der Waals surface area contributed by atoms with Crippen molar-refractivity contribution in [2.45, 2.75) is 13.8 Å². The molecule has 2 aromatic carbocycles. The van der Waals surface area contributed by atoms with Crippen molar-refractivity contribution in [3.05, 3.63) is 47.5 Å². The minimum atomic E-state index is -4.88. The van der Waals surface area contributed by atoms with Crippen molar-refractivity contribution in [2.75, 3.05) is 0 Å². The van der Waals surface area contributed by atoms with Gasteiger partial charge < -0.3 is 19.6 Å². The van der Waals surface area contributed by atoms with Gasteiger partial charge in [-0.3, -0.25) is 9.13 Å². The van der Waals surface area contributed by atoms with Gasteiger partial charge in [-0.25, -0.2) is 0 Å². The van der Waals surface area contributed by atoms with Crippen molar-refractivity contribution in [1.29, 1.82) is 0 Å². The molecular formula is C14H16O6P2. The summed E-state index contributed by atoms with van der Waals surface area (Å²) < 4.78 is 23.4. The molecule has 0 heterocycles. The van der Waals surface area contributed by atoms with Crippen molar-refractivity contribution in [2.24, 2.45) is 0 Å². The Bertz CT molecular complexity index is 818. The lowest BCUT2D eigenvalue weighted by Gasteiger charge is -2.18. The largest absolute Gasteiger partial charge is 0.357 e. The molecule has 2 rings (SSSR count). The zero-order chi connectivity index (χ0) is 16.7. The quantitative estimate of drug-likeness (QED) is 0.630. The Morgan fingerprint density at radius 3 is 1.86 bits per heavy atom. The molecule has 0 aliphatic heterocycles. The minimum absolute atomic E-state index is 0.135. The summed E-state index contributed by atoms with van der Waals surface area (Å²) in [5, 5.41) is -1.25. The second-order valence-electron chi connectivity index (χ2n) is 5.01. The molecule has 0 aliphatic rings. The lowest BCUT2D eigenvalue weighted by atomic mass is 9.97. The average Bonchev–Trinajstić information content (AvgIpc) is 2.39. The molecule has 0 bridgehead atoms. The van der Waals surface area contributed by atoms with E-state index in [1.54, 1.807) is 19.1 Å². The Morgan fingerprint density at radius 1 is 0.773 bits per heavy atom. The molecule has 0 unspecified atom stereocenters. The molecule has 0 saturated heterocycles. The maximum atomic E-state index is 11.8. The Morgan fingerprint density at radius 2 is 1.32 bits per heavy atom. The predicted octanol–water partition coefficient (Wildman–Crippen LogP) is 1.58. The Kier molecular flexibility index (Phi) is 4.46. The van der Waals surface area contributed by atoms with Crippen LogP contribution < -0.4 is 10.6 Å². The highest BCUT2D eigenvalue weighted by Gasteiger charge is 2.33. The number of aryl methyl sites for hydroxylation is 1. The molecule has 0 aromatic heterocycles. The Balaban J connectivity index is 2.92. The second kappa shape index (κ2) is 5.74. The van der Waals surface area contributed by atoms with Crippen molar-refractivity contribution in [3.8, 4) is 11.1 Å². The third-order valence-electron chi connectivity index (χ3n) is 3.51. The van der Waals surface area contributed by atoms with Gasteiger partial charge >= 0.3 is 15.2 Å². The van der Waals surface area contributed by atoms with Crippen LogP contribution in [0.5, 0.6) is 0 Å². The summed E-state index contributed by atoms with van der Waals surface area (Å²) >= 11 is 0. The molecule has 4 N–H and O–H groups in total. The van der Waals surface area contributed by atoms with Crippen molar-refractivity contribution < 1.29 is 28.7 Å². The number of benzene rings is 2. The maximum Gasteiger partial charge on any atom is 0.357 e. The molecule has 0 fully saturated rings. The molecule has 0 amide bonds. The summed E-state index contributed by atoms with van der Waals surface area (Å²) in [6.07, 6.45) is 0. The van der Waals surface area contributed by atoms with Crippen LogP contribution in [-0.4, -0.2) is 19.6 Å². The summed E-state index contributed by atoms with van der Waals surface area (Å²) in [4.78, 5) is 38.0. The summed E-state index contributed by atoms with van der Waals surface area (Å²) in [6, 6.07) is 9.12. The summed E-state index contributed by atoms with van der Waals surface area (Å²) in [5.41, 5.74) is 2.37. The number of rotatable bonds is 3. The van der Waals surface area contributed by atoms with Gasteiger partial charge in [-0.2, -0.15) is 0 Å². The summed E-state index contributed by atoms with van der Waals surface area (Å²) in [5.74, 6) is 0. The smallest absolute Gasteiger partial charge is 0.321 e. The monoisotopic (exact) mass is 342 g/mol. The lowest BCUT2D eigenvalue weighted by Crippen LogP contribution is -2.27. The normalized spacial score (nSPS) is 12.5. The van der Waals surface area contributed by atoms with Crippen LogP contribution in [0.1, 0.15) is 11.1 Å². The van der Waals surface area contributed by atoms with Gasteiger partial charge in [0, 0.05) is 0 Å². The van der Waals surface area contributed by atoms with Crippen molar-refractivity contribution >= 4 is 25.8 Å². The molecular weight excluding hydrogens is 326 g/mol. The first-order chi connectivity index (χ1) is 10.0. The fraction of sp³-hybridized carbons (Fsp3) is 0.143. The van der Waals surface area contributed by atoms with E-state index in [1.165, 1.54) is 12.1 Å². The van der Waals surface area contributed by atoms with Gasteiger partial charge in [-0.05, 0) is 42.2 Å². The van der Waals surface area contributed by atoms with Crippen LogP contribution in [0, 0.1) is 13.8 Å². The van der Waals surface area contributed by atoms with Gasteiger partial charge in [0.25, 0.3) is 0 Å². The first-order valence-corrected chi connectivity index (χ1v) is 9.58. The first-order valence-electron chi connectivity index (χ1n) is 6.35. The maximum absolute atomic E-state index is 11.8. The lowest BCUT2D eigenvalue weighted by molar-refractivity contribution is 0.381. The van der Waals surface area contributed by atoms with Crippen LogP contribution in [0.4, 0.5) is 0 Å². The van der Waals surface area contributed by atoms with Crippen LogP contribution in [0.3, 0.4) is 0 Å². The predicted molar refractivity (Wildman–Crippen MR) is 84.7 cm³/mol. The van der Waals surface area contributed by atoms with Gasteiger partial charge in [-0.15, -0.1) is 0 Å². The number of hydrogen-bond acceptors (Lipinski definition) is 2. The van der Waals surface area contributed by atoms with E-state index in [9.17, 15) is 28.7 Å². The summed E-state index contributed by atoms with van der Waals surface area (Å²) in [6.45, 7) is 3.64. The van der Waals surface area contributed by atoms with E-state index >= 15 is 0 Å². The van der Waals surface area contributed by atoms with Gasteiger partial charge in [0.1, 0.15) is 0 Å². The van der Waals surface area contributed by atoms with Gasteiger partial charge in [0.15, 0.2) is 0 Å². The van der Waals surface area contributed by atoms with Crippen LogP contribution in [0.2, 0.25) is 0 Å². The van der Waals surface area contributed by atoms with E-state index in [4.69, 9.17) is 0 Å². The van der Waals surface area contributed by atoms with Crippen LogP contribution in [0.25, 0.3) is 11.1 Å². The van der Waals surface area contributed by atoms with Crippen molar-refractivity contribution in [1.82, 2.24) is 0 Å². The highest BCUT2D eigenvalue weighted by Crippen LogP contribution is 2.43. The molecule has 118 valence electrons. The fourth-order valence-corrected chi connectivity index (χ4v) is 4.67. The SMILES string of the molecule is Cc1cccc(-c2cccc(P(=O)(O)O)c2P(=O)(O)O)c1C. The standard InChI is InChI=1S/C14H16O6P2/c1-9-5-3-6-11(10(9)2)12-7-4-8-13(21(15,16)17)14(12)22(18,19)20/h3-8H,1-2H3,(H2,15,16,17)(H2,18,19,20). The van der Waals surface area contributed by atoms with E-state index in [2.05, 4.69) is 0 Å². The summed E-state index contributed by atoms with van der Waals surface area (Å²) in [7, 11) is -9.70. The van der Waals surface area contributed by atoms with Crippen LogP contribution >= 0.6 is 15.2 Å². The highest BCUT2D eigenvalue weighted by molar-refractivity contribution is 7.67. The zero-order valence-electron chi connectivity index (χ0n) is 12.0. The molecule has 0 aliphatic carbocycles. The van der Waals surface area contributed by atoms with Crippen molar-refractivity contribution in [3.63, 3.8) is 0 Å². The van der Waals surface area contributed by atoms with E-state index in [0.717, 1.165) is 17.2 Å². The number of hydrogen-bond donors (Lipinski definition) is 4. The zero-order valence-corrected chi connectivity index (χ0v) is 13.8. The topological polar surface area (TPSA) is 115 Å². The van der Waals surface area contributed by atoms with E-state index < -0.39 is 25.8 Å². The van der Waals surface area contributed by atoms with Crippen LogP contribution in [-0.2, 0) is 9.13 Å². The van der Waals surface area contributed by atoms with E-state index in [-0.39, 0.29) is 5.56 Å². The molecule has 0 spiro atoms. The molecule has 0 radical (unpaired) electrons. The molecule has 0 atom stereocenters. The van der Waals surface area contributed by atoms with Gasteiger partial charge in [0.2, 0.25) is 0 Å². The molecule has 22 heavy (non-hydrogen) atoms. The molecule has 6 nitrogen and oxygen atoms in total. The molecule has 8 heteroatoms. The molecule has 0 saturated carbocycles. The highest BCUT2D eigenvalue weighted by atomic mass is 31.2. The second-order valence-corrected chi connectivity index (χ2v) is 8.11. The van der Waals surface area contributed by atoms with E-state index in [0.29, 0.717) is 5.56 Å². The third kappa shape index (κ3) is 3.23. The van der Waals surface area contributed by atoms with Gasteiger partial charge in [0.05, 0.1) is 10.6 Å². The fourth-order valence-electron chi connectivity index (χ4n) is 2.33. The minimum Gasteiger partial charge on any atom is -0.321 e. The van der Waals surface area contributed by atoms with Crippen LogP contribution in [0.15, 0.2) is 36.4 Å². The van der Waals surface area contributed by atoms with Gasteiger partial charge in [-0.1, -0.05) is 30.3 Å². The Labute approximate surface area is 127 Å². The first kappa shape index (κ1) is 17.1. The van der Waals surface area contributed by atoms with E-state index in [1.807, 2.05) is 13.0 Å². The average molecular weight is 342 g/mol.